The van der Waals surface area contributed by atoms with Crippen LogP contribution >= 0.6 is 11.8 Å². The van der Waals surface area contributed by atoms with Crippen molar-refractivity contribution in [3.63, 3.8) is 0 Å². The Morgan fingerprint density at radius 2 is 2.17 bits per heavy atom. The Hall–Kier alpha value is -0.710. The lowest BCUT2D eigenvalue weighted by Crippen LogP contribution is -2.44. The zero-order valence-corrected chi connectivity index (χ0v) is 12.2. The first-order valence-corrected chi connectivity index (χ1v) is 8.15. The molecule has 0 saturated carbocycles. The van der Waals surface area contributed by atoms with Crippen molar-refractivity contribution >= 4 is 23.6 Å². The molecular formula is C13H24N2O2S. The summed E-state index contributed by atoms with van der Waals surface area (Å²) < 4.78 is 0. The number of carbonyl (C=O) groups is 2. The van der Waals surface area contributed by atoms with Gasteiger partial charge >= 0.3 is 0 Å². The molecule has 1 fully saturated rings. The smallest absolute Gasteiger partial charge is 0.245 e. The first kappa shape index (κ1) is 15.3. The zero-order valence-electron chi connectivity index (χ0n) is 11.4. The predicted molar refractivity (Wildman–Crippen MR) is 75.7 cm³/mol. The third kappa shape index (κ3) is 4.88. The van der Waals surface area contributed by atoms with Crippen LogP contribution in [-0.4, -0.2) is 47.9 Å². The van der Waals surface area contributed by atoms with Crippen LogP contribution in [0.2, 0.25) is 0 Å². The molecule has 1 atom stereocenters. The van der Waals surface area contributed by atoms with Crippen molar-refractivity contribution in [1.82, 2.24) is 10.2 Å². The third-order valence-corrected chi connectivity index (χ3v) is 3.85. The molecule has 1 aliphatic rings. The van der Waals surface area contributed by atoms with Gasteiger partial charge in [-0.25, -0.2) is 0 Å². The molecule has 1 unspecified atom stereocenters. The normalized spacial score (nSPS) is 20.8. The summed E-state index contributed by atoms with van der Waals surface area (Å²) in [6, 6.07) is -0.300. The van der Waals surface area contributed by atoms with Gasteiger partial charge < -0.3 is 10.2 Å². The summed E-state index contributed by atoms with van der Waals surface area (Å²) in [7, 11) is 0. The first-order chi connectivity index (χ1) is 8.69. The van der Waals surface area contributed by atoms with Gasteiger partial charge in [0.15, 0.2) is 0 Å². The highest BCUT2D eigenvalue weighted by Gasteiger charge is 2.28. The lowest BCUT2D eigenvalue weighted by atomic mass is 10.1. The molecule has 0 bridgehead atoms. The van der Waals surface area contributed by atoms with Crippen molar-refractivity contribution in [2.24, 2.45) is 0 Å². The number of rotatable bonds is 7. The fourth-order valence-corrected chi connectivity index (χ4v) is 2.64. The standard InChI is InChI=1S/C13H24N2O2S/c1-3-6-11-13(17)15(8-4-5-10-18-2)9-7-12(16)14-11/h11H,3-10H2,1-2H3,(H,14,16). The largest absolute Gasteiger partial charge is 0.344 e. The average molecular weight is 272 g/mol. The Labute approximate surface area is 114 Å². The molecule has 0 radical (unpaired) electrons. The minimum absolute atomic E-state index is 0.00779. The van der Waals surface area contributed by atoms with Crippen molar-refractivity contribution in [2.75, 3.05) is 25.1 Å². The highest BCUT2D eigenvalue weighted by Crippen LogP contribution is 2.10. The summed E-state index contributed by atoms with van der Waals surface area (Å²) in [4.78, 5) is 25.7. The quantitative estimate of drug-likeness (QED) is 0.717. The number of unbranched alkanes of at least 4 members (excludes halogenated alkanes) is 1. The highest BCUT2D eigenvalue weighted by atomic mass is 32.2. The Bertz CT molecular complexity index is 284. The van der Waals surface area contributed by atoms with Crippen LogP contribution in [-0.2, 0) is 9.59 Å². The number of carbonyl (C=O) groups excluding carboxylic acids is 2. The summed E-state index contributed by atoms with van der Waals surface area (Å²) in [6.07, 6.45) is 6.35. The molecular weight excluding hydrogens is 248 g/mol. The average Bonchev–Trinajstić information content (AvgIpc) is 2.48. The maximum absolute atomic E-state index is 12.3. The Kier molecular flexibility index (Phi) is 7.16. The van der Waals surface area contributed by atoms with Gasteiger partial charge in [0.05, 0.1) is 0 Å². The summed E-state index contributed by atoms with van der Waals surface area (Å²) in [5, 5.41) is 2.83. The van der Waals surface area contributed by atoms with Crippen LogP contribution in [0.15, 0.2) is 0 Å². The van der Waals surface area contributed by atoms with Crippen LogP contribution in [0.25, 0.3) is 0 Å². The van der Waals surface area contributed by atoms with Gasteiger partial charge in [-0.15, -0.1) is 0 Å². The molecule has 18 heavy (non-hydrogen) atoms. The van der Waals surface area contributed by atoms with E-state index in [1.165, 1.54) is 0 Å². The van der Waals surface area contributed by atoms with Gasteiger partial charge in [-0.1, -0.05) is 13.3 Å². The fraction of sp³-hybridized carbons (Fsp3) is 0.846. The summed E-state index contributed by atoms with van der Waals surface area (Å²) >= 11 is 1.83. The molecule has 0 spiro atoms. The van der Waals surface area contributed by atoms with E-state index in [1.54, 1.807) is 0 Å². The van der Waals surface area contributed by atoms with Crippen LogP contribution in [0.4, 0.5) is 0 Å². The molecule has 0 aliphatic carbocycles. The van der Waals surface area contributed by atoms with E-state index in [1.807, 2.05) is 23.6 Å². The van der Waals surface area contributed by atoms with Crippen LogP contribution in [0.5, 0.6) is 0 Å². The van der Waals surface area contributed by atoms with Crippen LogP contribution in [0.1, 0.15) is 39.0 Å². The second-order valence-electron chi connectivity index (χ2n) is 4.68. The summed E-state index contributed by atoms with van der Waals surface area (Å²) in [6.45, 7) is 3.39. The first-order valence-electron chi connectivity index (χ1n) is 6.76. The lowest BCUT2D eigenvalue weighted by Gasteiger charge is -2.23. The van der Waals surface area contributed by atoms with E-state index < -0.39 is 0 Å². The molecule has 1 saturated heterocycles. The monoisotopic (exact) mass is 272 g/mol. The molecule has 1 rings (SSSR count). The van der Waals surface area contributed by atoms with E-state index >= 15 is 0 Å². The summed E-state index contributed by atoms with van der Waals surface area (Å²) in [5.41, 5.74) is 0. The van der Waals surface area contributed by atoms with Crippen LogP contribution < -0.4 is 5.32 Å². The third-order valence-electron chi connectivity index (χ3n) is 3.16. The van der Waals surface area contributed by atoms with Gasteiger partial charge in [-0.2, -0.15) is 11.8 Å². The molecule has 0 aromatic carbocycles. The van der Waals surface area contributed by atoms with Gasteiger partial charge in [-0.3, -0.25) is 9.59 Å². The molecule has 1 aliphatic heterocycles. The second-order valence-corrected chi connectivity index (χ2v) is 5.67. The maximum Gasteiger partial charge on any atom is 0.245 e. The van der Waals surface area contributed by atoms with Crippen molar-refractivity contribution in [3.05, 3.63) is 0 Å². The van der Waals surface area contributed by atoms with Gasteiger partial charge in [0, 0.05) is 19.5 Å². The molecule has 0 aromatic heterocycles. The number of amides is 2. The van der Waals surface area contributed by atoms with Crippen LogP contribution in [0.3, 0.4) is 0 Å². The van der Waals surface area contributed by atoms with E-state index in [2.05, 4.69) is 11.6 Å². The Morgan fingerprint density at radius 1 is 1.39 bits per heavy atom. The minimum atomic E-state index is -0.300. The van der Waals surface area contributed by atoms with E-state index in [0.29, 0.717) is 13.0 Å². The van der Waals surface area contributed by atoms with Gasteiger partial charge in [0.25, 0.3) is 0 Å². The van der Waals surface area contributed by atoms with Crippen molar-refractivity contribution < 1.29 is 9.59 Å². The van der Waals surface area contributed by atoms with Gasteiger partial charge in [0.1, 0.15) is 6.04 Å². The van der Waals surface area contributed by atoms with Gasteiger partial charge in [-0.05, 0) is 31.3 Å². The Balaban J connectivity index is 2.49. The summed E-state index contributed by atoms with van der Waals surface area (Å²) in [5.74, 6) is 1.25. The second kappa shape index (κ2) is 8.40. The number of hydrogen-bond acceptors (Lipinski definition) is 3. The molecule has 1 N–H and O–H groups in total. The molecule has 4 nitrogen and oxygen atoms in total. The number of hydrogen-bond donors (Lipinski definition) is 1. The fourth-order valence-electron chi connectivity index (χ4n) is 2.15. The van der Waals surface area contributed by atoms with E-state index in [-0.39, 0.29) is 17.9 Å². The van der Waals surface area contributed by atoms with Crippen molar-refractivity contribution in [2.45, 2.75) is 45.1 Å². The Morgan fingerprint density at radius 3 is 2.83 bits per heavy atom. The zero-order chi connectivity index (χ0) is 13.4. The lowest BCUT2D eigenvalue weighted by molar-refractivity contribution is -0.133. The van der Waals surface area contributed by atoms with E-state index in [9.17, 15) is 9.59 Å². The topological polar surface area (TPSA) is 49.4 Å². The SMILES string of the molecule is CCCC1NC(=O)CCN(CCCCSC)C1=O. The molecule has 104 valence electrons. The van der Waals surface area contributed by atoms with E-state index in [0.717, 1.165) is 38.0 Å². The maximum atomic E-state index is 12.3. The molecule has 5 heteroatoms. The van der Waals surface area contributed by atoms with Gasteiger partial charge in [0.2, 0.25) is 11.8 Å². The molecule has 2 amide bonds. The predicted octanol–water partition coefficient (Wildman–Crippen LogP) is 1.65. The minimum Gasteiger partial charge on any atom is -0.344 e. The van der Waals surface area contributed by atoms with Crippen molar-refractivity contribution in [1.29, 1.82) is 0 Å². The number of thioether (sulfide) groups is 1. The number of nitrogens with one attached hydrogen (secondary N) is 1. The van der Waals surface area contributed by atoms with Crippen molar-refractivity contribution in [3.8, 4) is 0 Å². The van der Waals surface area contributed by atoms with E-state index in [4.69, 9.17) is 0 Å². The molecule has 1 heterocycles. The van der Waals surface area contributed by atoms with Crippen LogP contribution in [0, 0.1) is 0 Å². The highest BCUT2D eigenvalue weighted by molar-refractivity contribution is 7.98. The molecule has 0 aromatic rings. The number of nitrogens with zero attached hydrogens (tertiary/aromatic N) is 1.